The van der Waals surface area contributed by atoms with Gasteiger partial charge in [0.15, 0.2) is 5.16 Å². The zero-order valence-corrected chi connectivity index (χ0v) is 14.8. The highest BCUT2D eigenvalue weighted by Gasteiger charge is 2.13. The first-order valence-corrected chi connectivity index (χ1v) is 8.35. The third-order valence-corrected chi connectivity index (χ3v) is 3.95. The fourth-order valence-electron chi connectivity index (χ4n) is 2.13. The number of aryl methyl sites for hydroxylation is 1. The molecule has 1 N–H and O–H groups in total. The van der Waals surface area contributed by atoms with E-state index >= 15 is 0 Å². The van der Waals surface area contributed by atoms with E-state index in [9.17, 15) is 9.59 Å². The predicted octanol–water partition coefficient (Wildman–Crippen LogP) is 1.93. The second kappa shape index (κ2) is 7.87. The van der Waals surface area contributed by atoms with Crippen LogP contribution in [0, 0.1) is 6.92 Å². The van der Waals surface area contributed by atoms with Gasteiger partial charge < -0.3 is 14.8 Å². The second-order valence-electron chi connectivity index (χ2n) is 4.92. The summed E-state index contributed by atoms with van der Waals surface area (Å²) in [4.78, 5) is 28.7. The number of anilines is 1. The van der Waals surface area contributed by atoms with Crippen molar-refractivity contribution in [2.75, 3.05) is 25.8 Å². The molecular weight excluding hydrogens is 330 g/mol. The van der Waals surface area contributed by atoms with Crippen LogP contribution in [0.3, 0.4) is 0 Å². The molecule has 0 spiro atoms. The number of rotatable bonds is 6. The summed E-state index contributed by atoms with van der Waals surface area (Å²) < 4.78 is 11.7. The molecule has 24 heavy (non-hydrogen) atoms. The van der Waals surface area contributed by atoms with Crippen LogP contribution in [0.15, 0.2) is 34.2 Å². The third-order valence-electron chi connectivity index (χ3n) is 3.27. The molecule has 0 atom stereocenters. The maximum atomic E-state index is 12.3. The Bertz CT molecular complexity index is 804. The summed E-state index contributed by atoms with van der Waals surface area (Å²) in [5, 5.41) is 3.24. The van der Waals surface area contributed by atoms with Crippen LogP contribution in [0.4, 0.5) is 5.69 Å². The molecule has 0 aliphatic rings. The van der Waals surface area contributed by atoms with Gasteiger partial charge >= 0.3 is 0 Å². The zero-order chi connectivity index (χ0) is 17.7. The summed E-state index contributed by atoms with van der Waals surface area (Å²) >= 11 is 1.32. The first kappa shape index (κ1) is 17.9. The van der Waals surface area contributed by atoms with E-state index in [-0.39, 0.29) is 18.0 Å². The molecule has 2 rings (SSSR count). The van der Waals surface area contributed by atoms with Crippen molar-refractivity contribution in [3.8, 4) is 11.5 Å². The fraction of sp³-hybridized carbons (Fsp3) is 0.312. The van der Waals surface area contributed by atoms with Crippen LogP contribution in [0.5, 0.6) is 11.5 Å². The lowest BCUT2D eigenvalue weighted by atomic mass is 10.2. The van der Waals surface area contributed by atoms with Gasteiger partial charge in [0.1, 0.15) is 18.0 Å². The number of ether oxygens (including phenoxy) is 2. The van der Waals surface area contributed by atoms with Gasteiger partial charge in [0, 0.05) is 17.8 Å². The summed E-state index contributed by atoms with van der Waals surface area (Å²) in [6, 6.07) is 6.47. The first-order valence-electron chi connectivity index (χ1n) is 7.12. The van der Waals surface area contributed by atoms with Gasteiger partial charge in [0.25, 0.3) is 5.56 Å². The Morgan fingerprint density at radius 1 is 1.29 bits per heavy atom. The van der Waals surface area contributed by atoms with Gasteiger partial charge in [0.2, 0.25) is 5.91 Å². The Hall–Kier alpha value is -2.48. The molecule has 1 aromatic heterocycles. The number of hydrogen-bond donors (Lipinski definition) is 1. The minimum Gasteiger partial charge on any atom is -0.497 e. The van der Waals surface area contributed by atoms with Gasteiger partial charge in [-0.05, 0) is 25.3 Å². The van der Waals surface area contributed by atoms with Gasteiger partial charge in [0.05, 0.1) is 19.9 Å². The molecule has 1 amide bonds. The zero-order valence-electron chi connectivity index (χ0n) is 14.0. The van der Waals surface area contributed by atoms with E-state index in [1.54, 1.807) is 32.2 Å². The molecule has 1 aromatic carbocycles. The van der Waals surface area contributed by atoms with Crippen LogP contribution in [0.2, 0.25) is 0 Å². The molecule has 1 heterocycles. The molecule has 0 aliphatic heterocycles. The summed E-state index contributed by atoms with van der Waals surface area (Å²) in [6.45, 7) is 1.62. The van der Waals surface area contributed by atoms with E-state index in [1.165, 1.54) is 29.5 Å². The standard InChI is InChI=1S/C16H19N3O4S/c1-10-7-15(21)19(16(17-10)24-4)9-14(20)18-12-6-5-11(22-2)8-13(12)23-3/h5-8H,9H2,1-4H3,(H,18,20). The van der Waals surface area contributed by atoms with Crippen molar-refractivity contribution in [2.24, 2.45) is 0 Å². The number of methoxy groups -OCH3 is 2. The molecule has 7 nitrogen and oxygen atoms in total. The van der Waals surface area contributed by atoms with Crippen molar-refractivity contribution in [1.82, 2.24) is 9.55 Å². The molecule has 0 saturated heterocycles. The summed E-state index contributed by atoms with van der Waals surface area (Å²) in [5.74, 6) is 0.747. The number of thioether (sulfide) groups is 1. The number of amides is 1. The molecule has 0 saturated carbocycles. The molecule has 0 bridgehead atoms. The van der Waals surface area contributed by atoms with Crippen LogP contribution in [-0.4, -0.2) is 35.9 Å². The smallest absolute Gasteiger partial charge is 0.254 e. The lowest BCUT2D eigenvalue weighted by molar-refractivity contribution is -0.116. The van der Waals surface area contributed by atoms with Crippen LogP contribution < -0.4 is 20.3 Å². The Morgan fingerprint density at radius 2 is 2.04 bits per heavy atom. The van der Waals surface area contributed by atoms with Crippen molar-refractivity contribution < 1.29 is 14.3 Å². The number of hydrogen-bond acceptors (Lipinski definition) is 6. The minimum absolute atomic E-state index is 0.128. The lowest BCUT2D eigenvalue weighted by Crippen LogP contribution is -2.29. The van der Waals surface area contributed by atoms with E-state index in [0.29, 0.717) is 28.0 Å². The number of carbonyl (C=O) groups excluding carboxylic acids is 1. The summed E-state index contributed by atoms with van der Waals surface area (Å²) in [7, 11) is 3.05. The van der Waals surface area contributed by atoms with Gasteiger partial charge in [-0.1, -0.05) is 11.8 Å². The molecule has 0 fully saturated rings. The van der Waals surface area contributed by atoms with Crippen molar-refractivity contribution in [2.45, 2.75) is 18.6 Å². The Balaban J connectivity index is 2.22. The van der Waals surface area contributed by atoms with Crippen LogP contribution >= 0.6 is 11.8 Å². The predicted molar refractivity (Wildman–Crippen MR) is 93.2 cm³/mol. The molecule has 128 valence electrons. The Labute approximate surface area is 144 Å². The van der Waals surface area contributed by atoms with E-state index in [0.717, 1.165) is 0 Å². The number of nitrogens with one attached hydrogen (secondary N) is 1. The van der Waals surface area contributed by atoms with Gasteiger partial charge in [-0.2, -0.15) is 0 Å². The summed E-state index contributed by atoms with van der Waals surface area (Å²) in [6.07, 6.45) is 1.81. The second-order valence-corrected chi connectivity index (χ2v) is 5.70. The van der Waals surface area contributed by atoms with Crippen molar-refractivity contribution >= 4 is 23.4 Å². The van der Waals surface area contributed by atoms with E-state index in [1.807, 2.05) is 6.26 Å². The van der Waals surface area contributed by atoms with E-state index < -0.39 is 0 Å². The van der Waals surface area contributed by atoms with E-state index in [2.05, 4.69) is 10.3 Å². The molecule has 0 unspecified atom stereocenters. The van der Waals surface area contributed by atoms with Crippen molar-refractivity contribution in [3.05, 3.63) is 40.3 Å². The van der Waals surface area contributed by atoms with Gasteiger partial charge in [-0.15, -0.1) is 0 Å². The monoisotopic (exact) mass is 349 g/mol. The lowest BCUT2D eigenvalue weighted by Gasteiger charge is -2.13. The molecule has 2 aromatic rings. The summed E-state index contributed by atoms with van der Waals surface area (Å²) in [5.41, 5.74) is 0.864. The van der Waals surface area contributed by atoms with Crippen LogP contribution in [0.1, 0.15) is 5.69 Å². The highest BCUT2D eigenvalue weighted by molar-refractivity contribution is 7.98. The maximum absolute atomic E-state index is 12.3. The molecule has 0 aliphatic carbocycles. The Kier molecular flexibility index (Phi) is 5.86. The maximum Gasteiger partial charge on any atom is 0.254 e. The quantitative estimate of drug-likeness (QED) is 0.634. The number of nitrogens with zero attached hydrogens (tertiary/aromatic N) is 2. The van der Waals surface area contributed by atoms with Crippen molar-refractivity contribution in [1.29, 1.82) is 0 Å². The number of carbonyl (C=O) groups is 1. The van der Waals surface area contributed by atoms with Gasteiger partial charge in [-0.25, -0.2) is 4.98 Å². The first-order chi connectivity index (χ1) is 11.5. The van der Waals surface area contributed by atoms with E-state index in [4.69, 9.17) is 9.47 Å². The Morgan fingerprint density at radius 3 is 2.67 bits per heavy atom. The van der Waals surface area contributed by atoms with Crippen LogP contribution in [-0.2, 0) is 11.3 Å². The SMILES string of the molecule is COc1ccc(NC(=O)Cn2c(SC)nc(C)cc2=O)c(OC)c1. The average Bonchev–Trinajstić information content (AvgIpc) is 2.57. The number of benzene rings is 1. The van der Waals surface area contributed by atoms with Gasteiger partial charge in [-0.3, -0.25) is 14.2 Å². The molecule has 8 heteroatoms. The molecular formula is C16H19N3O4S. The third kappa shape index (κ3) is 4.08. The number of aromatic nitrogens is 2. The highest BCUT2D eigenvalue weighted by Crippen LogP contribution is 2.29. The van der Waals surface area contributed by atoms with Crippen LogP contribution in [0.25, 0.3) is 0 Å². The minimum atomic E-state index is -0.346. The average molecular weight is 349 g/mol. The van der Waals surface area contributed by atoms with Crippen molar-refractivity contribution in [3.63, 3.8) is 0 Å². The molecule has 0 radical (unpaired) electrons. The largest absolute Gasteiger partial charge is 0.497 e. The highest BCUT2D eigenvalue weighted by atomic mass is 32.2. The normalized spacial score (nSPS) is 10.3. The fourth-order valence-corrected chi connectivity index (χ4v) is 2.74. The topological polar surface area (TPSA) is 82.5 Å².